The van der Waals surface area contributed by atoms with E-state index >= 15 is 0 Å². The molecule has 1 heterocycles. The van der Waals surface area contributed by atoms with E-state index in [1.807, 2.05) is 0 Å². The normalized spacial score (nSPS) is 11.0. The van der Waals surface area contributed by atoms with E-state index < -0.39 is 9.84 Å². The van der Waals surface area contributed by atoms with Crippen molar-refractivity contribution >= 4 is 21.4 Å². The van der Waals surface area contributed by atoms with Crippen LogP contribution in [-0.4, -0.2) is 45.0 Å². The molecule has 0 saturated heterocycles. The molecule has 2 aromatic carbocycles. The summed E-state index contributed by atoms with van der Waals surface area (Å²) in [6.45, 7) is 0. The number of benzene rings is 2. The predicted octanol–water partition coefficient (Wildman–Crippen LogP) is 2.82. The van der Waals surface area contributed by atoms with Crippen molar-refractivity contribution in [1.82, 2.24) is 10.2 Å². The number of amides is 1. The fourth-order valence-electron chi connectivity index (χ4n) is 2.69. The Morgan fingerprint density at radius 2 is 1.72 bits per heavy atom. The van der Waals surface area contributed by atoms with Crippen LogP contribution in [0.3, 0.4) is 0 Å². The van der Waals surface area contributed by atoms with Crippen molar-refractivity contribution < 1.29 is 22.7 Å². The van der Waals surface area contributed by atoms with Gasteiger partial charge in [0.25, 0.3) is 5.91 Å². The molecule has 9 heteroatoms. The zero-order chi connectivity index (χ0) is 21.0. The number of sulfone groups is 1. The van der Waals surface area contributed by atoms with Crippen LogP contribution < -0.4 is 14.8 Å². The first-order chi connectivity index (χ1) is 13.8. The number of hydrogen-bond acceptors (Lipinski definition) is 7. The maximum atomic E-state index is 12.7. The smallest absolute Gasteiger partial charge is 0.259 e. The Morgan fingerprint density at radius 1 is 0.966 bits per heavy atom. The highest BCUT2D eigenvalue weighted by Gasteiger charge is 2.17. The average Bonchev–Trinajstić information content (AvgIpc) is 2.72. The summed E-state index contributed by atoms with van der Waals surface area (Å²) in [5.74, 6) is 0.428. The largest absolute Gasteiger partial charge is 0.493 e. The van der Waals surface area contributed by atoms with Crippen molar-refractivity contribution in [3.63, 3.8) is 0 Å². The third kappa shape index (κ3) is 4.52. The number of methoxy groups -OCH3 is 2. The van der Waals surface area contributed by atoms with Gasteiger partial charge in [-0.25, -0.2) is 8.42 Å². The highest BCUT2D eigenvalue weighted by atomic mass is 32.2. The van der Waals surface area contributed by atoms with E-state index in [1.165, 1.54) is 20.3 Å². The molecule has 150 valence electrons. The van der Waals surface area contributed by atoms with Gasteiger partial charge in [-0.3, -0.25) is 4.79 Å². The minimum Gasteiger partial charge on any atom is -0.493 e. The lowest BCUT2D eigenvalue weighted by Gasteiger charge is -2.13. The number of aromatic nitrogens is 2. The summed E-state index contributed by atoms with van der Waals surface area (Å²) in [5, 5.41) is 10.4. The van der Waals surface area contributed by atoms with Gasteiger partial charge in [0, 0.05) is 17.5 Å². The quantitative estimate of drug-likeness (QED) is 0.662. The monoisotopic (exact) mass is 413 g/mol. The number of carbonyl (C=O) groups is 1. The van der Waals surface area contributed by atoms with Gasteiger partial charge in [-0.1, -0.05) is 18.2 Å². The summed E-state index contributed by atoms with van der Waals surface area (Å²) in [6, 6.07) is 15.0. The van der Waals surface area contributed by atoms with Gasteiger partial charge in [-0.05, 0) is 36.4 Å². The molecule has 29 heavy (non-hydrogen) atoms. The van der Waals surface area contributed by atoms with Crippen LogP contribution in [0.1, 0.15) is 10.4 Å². The van der Waals surface area contributed by atoms with Crippen LogP contribution >= 0.6 is 0 Å². The van der Waals surface area contributed by atoms with Gasteiger partial charge >= 0.3 is 0 Å². The Bertz CT molecular complexity index is 1150. The number of anilines is 1. The molecule has 0 aliphatic carbocycles. The highest BCUT2D eigenvalue weighted by molar-refractivity contribution is 7.90. The molecular formula is C20H19N3O5S. The van der Waals surface area contributed by atoms with E-state index in [1.54, 1.807) is 48.5 Å². The lowest BCUT2D eigenvalue weighted by molar-refractivity contribution is 0.102. The number of hydrogen-bond donors (Lipinski definition) is 1. The molecule has 1 aromatic heterocycles. The molecule has 0 aliphatic rings. The molecule has 0 aliphatic heterocycles. The SMILES string of the molecule is COc1cccc(C(=O)Nc2cccc(-c3ccc(S(C)(=O)=O)nn3)c2)c1OC. The van der Waals surface area contributed by atoms with Crippen LogP contribution in [0.5, 0.6) is 11.5 Å². The Morgan fingerprint density at radius 3 is 2.34 bits per heavy atom. The van der Waals surface area contributed by atoms with Gasteiger partial charge in [-0.2, -0.15) is 0 Å². The van der Waals surface area contributed by atoms with E-state index in [-0.39, 0.29) is 10.9 Å². The second-order valence-corrected chi connectivity index (χ2v) is 8.07. The molecule has 1 amide bonds. The number of carbonyl (C=O) groups excluding carboxylic acids is 1. The van der Waals surface area contributed by atoms with Crippen LogP contribution in [0, 0.1) is 0 Å². The lowest BCUT2D eigenvalue weighted by atomic mass is 10.1. The number of para-hydroxylation sites is 1. The third-order valence-electron chi connectivity index (χ3n) is 4.08. The van der Waals surface area contributed by atoms with E-state index in [2.05, 4.69) is 15.5 Å². The molecule has 0 spiro atoms. The molecule has 0 atom stereocenters. The van der Waals surface area contributed by atoms with Crippen LogP contribution in [0.25, 0.3) is 11.3 Å². The predicted molar refractivity (Wildman–Crippen MR) is 108 cm³/mol. The summed E-state index contributed by atoms with van der Waals surface area (Å²) in [7, 11) is -0.456. The van der Waals surface area contributed by atoms with Crippen molar-refractivity contribution in [2.75, 3.05) is 25.8 Å². The van der Waals surface area contributed by atoms with Gasteiger partial charge in [0.2, 0.25) is 0 Å². The van der Waals surface area contributed by atoms with Gasteiger partial charge in [0.15, 0.2) is 26.4 Å². The van der Waals surface area contributed by atoms with Gasteiger partial charge in [0.1, 0.15) is 0 Å². The maximum Gasteiger partial charge on any atom is 0.259 e. The Labute approximate surface area is 168 Å². The fraction of sp³-hybridized carbons (Fsp3) is 0.150. The second kappa shape index (κ2) is 8.27. The van der Waals surface area contributed by atoms with E-state index in [4.69, 9.17) is 9.47 Å². The molecule has 0 saturated carbocycles. The third-order valence-corrected chi connectivity index (χ3v) is 5.06. The van der Waals surface area contributed by atoms with Crippen molar-refractivity contribution in [2.24, 2.45) is 0 Å². The molecule has 0 radical (unpaired) electrons. The first-order valence-electron chi connectivity index (χ1n) is 8.50. The first-order valence-corrected chi connectivity index (χ1v) is 10.4. The van der Waals surface area contributed by atoms with E-state index in [0.717, 1.165) is 6.26 Å². The zero-order valence-electron chi connectivity index (χ0n) is 16.0. The maximum absolute atomic E-state index is 12.7. The summed E-state index contributed by atoms with van der Waals surface area (Å²) >= 11 is 0. The minimum atomic E-state index is -3.42. The van der Waals surface area contributed by atoms with Gasteiger partial charge < -0.3 is 14.8 Å². The van der Waals surface area contributed by atoms with Crippen LogP contribution in [0.2, 0.25) is 0 Å². The molecular weight excluding hydrogens is 394 g/mol. The molecule has 0 bridgehead atoms. The van der Waals surface area contributed by atoms with Crippen molar-refractivity contribution in [1.29, 1.82) is 0 Å². The lowest BCUT2D eigenvalue weighted by Crippen LogP contribution is -2.13. The Hall–Kier alpha value is -3.46. The Kier molecular flexibility index (Phi) is 5.79. The van der Waals surface area contributed by atoms with Crippen LogP contribution in [0.4, 0.5) is 5.69 Å². The number of nitrogens with one attached hydrogen (secondary N) is 1. The average molecular weight is 413 g/mol. The minimum absolute atomic E-state index is 0.101. The molecule has 3 aromatic rings. The van der Waals surface area contributed by atoms with Crippen LogP contribution in [-0.2, 0) is 9.84 Å². The topological polar surface area (TPSA) is 107 Å². The number of rotatable bonds is 6. The highest BCUT2D eigenvalue weighted by Crippen LogP contribution is 2.31. The Balaban J connectivity index is 1.86. The zero-order valence-corrected chi connectivity index (χ0v) is 16.9. The van der Waals surface area contributed by atoms with Gasteiger partial charge in [0.05, 0.1) is 25.5 Å². The standard InChI is InChI=1S/C20H19N3O5S/c1-27-17-9-5-8-15(19(17)28-2)20(24)21-14-7-4-6-13(12-14)16-10-11-18(23-22-16)29(3,25)26/h4-12H,1-3H3,(H,21,24). The van der Waals surface area contributed by atoms with E-state index in [9.17, 15) is 13.2 Å². The van der Waals surface area contributed by atoms with Crippen molar-refractivity contribution in [3.8, 4) is 22.8 Å². The van der Waals surface area contributed by atoms with Crippen LogP contribution in [0.15, 0.2) is 59.6 Å². The molecule has 1 N–H and O–H groups in total. The molecule has 0 unspecified atom stereocenters. The number of ether oxygens (including phenoxy) is 2. The second-order valence-electron chi connectivity index (χ2n) is 6.10. The first kappa shape index (κ1) is 20.3. The molecule has 3 rings (SSSR count). The summed E-state index contributed by atoms with van der Waals surface area (Å²) in [4.78, 5) is 12.7. The summed E-state index contributed by atoms with van der Waals surface area (Å²) in [5.41, 5.74) is 2.02. The van der Waals surface area contributed by atoms with Crippen molar-refractivity contribution in [2.45, 2.75) is 5.03 Å². The fourth-order valence-corrected chi connectivity index (χ4v) is 3.20. The summed E-state index contributed by atoms with van der Waals surface area (Å²) in [6.07, 6.45) is 1.07. The number of nitrogens with zero attached hydrogens (tertiary/aromatic N) is 2. The van der Waals surface area contributed by atoms with Crippen molar-refractivity contribution in [3.05, 3.63) is 60.2 Å². The van der Waals surface area contributed by atoms with E-state index in [0.29, 0.717) is 34.0 Å². The van der Waals surface area contributed by atoms with Gasteiger partial charge in [-0.15, -0.1) is 10.2 Å². The summed E-state index contributed by atoms with van der Waals surface area (Å²) < 4.78 is 33.6. The molecule has 8 nitrogen and oxygen atoms in total. The molecule has 0 fully saturated rings.